The van der Waals surface area contributed by atoms with Crippen LogP contribution in [0.3, 0.4) is 0 Å². The lowest BCUT2D eigenvalue weighted by atomic mass is 10.0. The van der Waals surface area contributed by atoms with Crippen molar-refractivity contribution in [2.75, 3.05) is 5.73 Å². The maximum atomic E-state index is 13.6. The highest BCUT2D eigenvalue weighted by molar-refractivity contribution is 7.90. The molecule has 0 unspecified atom stereocenters. The summed E-state index contributed by atoms with van der Waals surface area (Å²) >= 11 is 0. The van der Waals surface area contributed by atoms with Gasteiger partial charge in [-0.3, -0.25) is 4.79 Å². The Morgan fingerprint density at radius 1 is 0.946 bits per heavy atom. The first-order valence-electron chi connectivity index (χ1n) is 11.6. The van der Waals surface area contributed by atoms with Crippen molar-refractivity contribution in [3.63, 3.8) is 0 Å². The second-order valence-corrected chi connectivity index (χ2v) is 10.8. The van der Waals surface area contributed by atoms with Crippen LogP contribution < -0.4 is 5.73 Å². The number of carbonyl (C=O) groups is 1. The van der Waals surface area contributed by atoms with Crippen LogP contribution in [-0.4, -0.2) is 38.1 Å². The fraction of sp³-hybridized carbons (Fsp3) is 0.111. The Bertz CT molecular complexity index is 1790. The van der Waals surface area contributed by atoms with Crippen molar-refractivity contribution in [2.24, 2.45) is 0 Å². The van der Waals surface area contributed by atoms with Gasteiger partial charge in [0.1, 0.15) is 12.0 Å². The van der Waals surface area contributed by atoms with Crippen LogP contribution in [0.1, 0.15) is 27.3 Å². The maximum absolute atomic E-state index is 13.6. The molecule has 3 aromatic carbocycles. The van der Waals surface area contributed by atoms with Crippen LogP contribution >= 0.6 is 0 Å². The van der Waals surface area contributed by atoms with Crippen molar-refractivity contribution in [3.8, 4) is 11.1 Å². The van der Waals surface area contributed by atoms with Gasteiger partial charge in [-0.2, -0.15) is 0 Å². The van der Waals surface area contributed by atoms with Gasteiger partial charge in [0, 0.05) is 30.2 Å². The van der Waals surface area contributed by atoms with Gasteiger partial charge < -0.3 is 10.6 Å². The molecular weight excluding hydrogens is 488 g/mol. The lowest BCUT2D eigenvalue weighted by Crippen LogP contribution is -2.27. The Morgan fingerprint density at radius 2 is 1.65 bits per heavy atom. The number of carbonyl (C=O) groups excluding carboxylic acids is 1. The Kier molecular flexibility index (Phi) is 5.27. The predicted octanol–water partition coefficient (Wildman–Crippen LogP) is 3.78. The predicted molar refractivity (Wildman–Crippen MR) is 139 cm³/mol. The number of nitrogen functional groups attached to an aromatic ring is 1. The van der Waals surface area contributed by atoms with Gasteiger partial charge in [0.2, 0.25) is 5.95 Å². The van der Waals surface area contributed by atoms with Gasteiger partial charge in [0.25, 0.3) is 15.9 Å². The number of aromatic nitrogens is 4. The summed E-state index contributed by atoms with van der Waals surface area (Å²) in [6.07, 6.45) is 2.75. The van der Waals surface area contributed by atoms with Gasteiger partial charge in [0.05, 0.1) is 16.1 Å². The van der Waals surface area contributed by atoms with Gasteiger partial charge in [-0.05, 0) is 41.8 Å². The van der Waals surface area contributed by atoms with Crippen LogP contribution in [0.25, 0.3) is 22.0 Å². The Balaban J connectivity index is 1.46. The molecule has 0 radical (unpaired) electrons. The van der Waals surface area contributed by atoms with Crippen LogP contribution in [0.15, 0.2) is 84.1 Å². The summed E-state index contributed by atoms with van der Waals surface area (Å²) in [4.78, 5) is 28.1. The molecule has 0 saturated carbocycles. The zero-order chi connectivity index (χ0) is 25.7. The molecule has 10 heteroatoms. The third kappa shape index (κ3) is 3.91. The van der Waals surface area contributed by atoms with Gasteiger partial charge in [-0.1, -0.05) is 48.5 Å². The molecule has 1 aliphatic heterocycles. The van der Waals surface area contributed by atoms with Crippen LogP contribution in [0, 0.1) is 6.92 Å². The van der Waals surface area contributed by atoms with E-state index in [0.717, 1.165) is 15.1 Å². The summed E-state index contributed by atoms with van der Waals surface area (Å²) in [5.74, 6) is -0.263. The number of anilines is 1. The topological polar surface area (TPSA) is 124 Å². The van der Waals surface area contributed by atoms with E-state index in [1.807, 2.05) is 24.3 Å². The summed E-state index contributed by atoms with van der Waals surface area (Å²) in [7, 11) is -3.90. The third-order valence-corrected chi connectivity index (χ3v) is 8.15. The molecule has 0 aliphatic carbocycles. The van der Waals surface area contributed by atoms with E-state index >= 15 is 0 Å². The molecule has 1 aliphatic rings. The molecule has 37 heavy (non-hydrogen) atoms. The molecule has 0 spiro atoms. The molecule has 0 bridgehead atoms. The fourth-order valence-electron chi connectivity index (χ4n) is 4.68. The van der Waals surface area contributed by atoms with Crippen molar-refractivity contribution < 1.29 is 13.2 Å². The Hall–Kier alpha value is -4.57. The molecule has 0 atom stereocenters. The highest BCUT2D eigenvalue weighted by Crippen LogP contribution is 2.33. The Morgan fingerprint density at radius 3 is 2.35 bits per heavy atom. The molecule has 0 fully saturated rings. The molecule has 5 aromatic rings. The molecule has 2 N–H and O–H groups in total. The van der Waals surface area contributed by atoms with Crippen LogP contribution in [0.2, 0.25) is 0 Å². The monoisotopic (exact) mass is 510 g/mol. The highest BCUT2D eigenvalue weighted by atomic mass is 32.2. The third-order valence-electron chi connectivity index (χ3n) is 6.49. The molecule has 9 nitrogen and oxygen atoms in total. The molecule has 3 heterocycles. The van der Waals surface area contributed by atoms with E-state index in [-0.39, 0.29) is 22.4 Å². The maximum Gasteiger partial charge on any atom is 0.273 e. The van der Waals surface area contributed by atoms with Crippen molar-refractivity contribution >= 4 is 32.8 Å². The highest BCUT2D eigenvalue weighted by Gasteiger charge is 2.27. The van der Waals surface area contributed by atoms with E-state index in [1.165, 1.54) is 12.5 Å². The smallest absolute Gasteiger partial charge is 0.273 e. The number of fused-ring (bicyclic) bond motifs is 2. The second-order valence-electron chi connectivity index (χ2n) is 8.94. The van der Waals surface area contributed by atoms with E-state index < -0.39 is 10.0 Å². The first kappa shape index (κ1) is 22.9. The molecule has 2 aromatic heterocycles. The number of hydrogen-bond donors (Lipinski definition) is 1. The number of amides is 1. The minimum Gasteiger partial charge on any atom is -0.368 e. The number of imidazole rings is 1. The van der Waals surface area contributed by atoms with Crippen molar-refractivity contribution in [3.05, 3.63) is 102 Å². The zero-order valence-electron chi connectivity index (χ0n) is 19.9. The summed E-state index contributed by atoms with van der Waals surface area (Å²) in [5, 5.41) is 0.498. The normalized spacial score (nSPS) is 13.2. The SMILES string of the molecule is Cc1cn(S(=O)(=O)c2ccccc2-c2ccc3nc(N)nc(C(=O)N4Cc5ccccc5C4)c3c2)cn1. The van der Waals surface area contributed by atoms with Gasteiger partial charge in [-0.25, -0.2) is 27.3 Å². The first-order valence-corrected chi connectivity index (χ1v) is 13.0. The zero-order valence-corrected chi connectivity index (χ0v) is 20.7. The molecule has 1 amide bonds. The quantitative estimate of drug-likeness (QED) is 0.390. The van der Waals surface area contributed by atoms with E-state index in [4.69, 9.17) is 5.73 Å². The number of hydrogen-bond acceptors (Lipinski definition) is 7. The minimum absolute atomic E-state index is 0.00114. The largest absolute Gasteiger partial charge is 0.368 e. The summed E-state index contributed by atoms with van der Waals surface area (Å²) in [6, 6.07) is 19.9. The Labute approximate surface area is 213 Å². The molecule has 6 rings (SSSR count). The van der Waals surface area contributed by atoms with Crippen molar-refractivity contribution in [2.45, 2.75) is 24.9 Å². The number of nitrogens with two attached hydrogens (primary N) is 1. The van der Waals surface area contributed by atoms with Crippen LogP contribution in [-0.2, 0) is 23.1 Å². The molecule has 184 valence electrons. The number of aryl methyl sites for hydroxylation is 1. The molecule has 0 saturated heterocycles. The lowest BCUT2D eigenvalue weighted by Gasteiger charge is -2.17. The van der Waals surface area contributed by atoms with E-state index in [2.05, 4.69) is 15.0 Å². The standard InChI is InChI=1S/C27H22N6O3S/c1-17-13-33(16-29-17)37(35,36)24-9-5-4-8-21(24)18-10-11-23-22(12-18)25(31-27(28)30-23)26(34)32-14-19-6-2-3-7-20(19)15-32/h2-13,16H,14-15H2,1H3,(H2,28,30,31). The summed E-state index contributed by atoms with van der Waals surface area (Å²) < 4.78 is 28.0. The van der Waals surface area contributed by atoms with E-state index in [9.17, 15) is 13.2 Å². The van der Waals surface area contributed by atoms with Crippen LogP contribution in [0.4, 0.5) is 5.95 Å². The number of rotatable bonds is 4. The van der Waals surface area contributed by atoms with Crippen molar-refractivity contribution in [1.82, 2.24) is 23.8 Å². The summed E-state index contributed by atoms with van der Waals surface area (Å²) in [5.41, 5.74) is 10.5. The second kappa shape index (κ2) is 8.52. The lowest BCUT2D eigenvalue weighted by molar-refractivity contribution is 0.0747. The average Bonchev–Trinajstić information content (AvgIpc) is 3.54. The fourth-order valence-corrected chi connectivity index (χ4v) is 6.08. The van der Waals surface area contributed by atoms with Crippen LogP contribution in [0.5, 0.6) is 0 Å². The first-order chi connectivity index (χ1) is 17.8. The number of nitrogens with zero attached hydrogens (tertiary/aromatic N) is 5. The number of benzene rings is 3. The van der Waals surface area contributed by atoms with Gasteiger partial charge in [0.15, 0.2) is 0 Å². The van der Waals surface area contributed by atoms with E-state index in [0.29, 0.717) is 40.8 Å². The average molecular weight is 511 g/mol. The minimum atomic E-state index is -3.90. The van der Waals surface area contributed by atoms with Gasteiger partial charge in [-0.15, -0.1) is 0 Å². The van der Waals surface area contributed by atoms with Crippen molar-refractivity contribution in [1.29, 1.82) is 0 Å². The summed E-state index contributed by atoms with van der Waals surface area (Å²) in [6.45, 7) is 2.68. The molecular formula is C27H22N6O3S. The van der Waals surface area contributed by atoms with E-state index in [1.54, 1.807) is 54.3 Å². The van der Waals surface area contributed by atoms with Gasteiger partial charge >= 0.3 is 0 Å².